The predicted molar refractivity (Wildman–Crippen MR) is 81.7 cm³/mol. The lowest BCUT2D eigenvalue weighted by Gasteiger charge is -2.23. The minimum atomic E-state index is 0.0788. The summed E-state index contributed by atoms with van der Waals surface area (Å²) in [6.45, 7) is 7.59. The van der Waals surface area contributed by atoms with Gasteiger partial charge in [0.1, 0.15) is 18.9 Å². The Kier molecular flexibility index (Phi) is 4.31. The fourth-order valence-corrected chi connectivity index (χ4v) is 2.94. The smallest absolute Gasteiger partial charge is 0.261 e. The van der Waals surface area contributed by atoms with Gasteiger partial charge in [0.2, 0.25) is 0 Å². The number of benzene rings is 1. The molecule has 0 bridgehead atoms. The van der Waals surface area contributed by atoms with E-state index in [0.717, 1.165) is 57.2 Å². The highest BCUT2D eigenvalue weighted by molar-refractivity contribution is 5.77. The molecule has 0 aliphatic carbocycles. The molecular formula is C16H22N3O2+. The van der Waals surface area contributed by atoms with Crippen LogP contribution in [-0.2, 0) is 11.3 Å². The molecule has 0 unspecified atom stereocenters. The summed E-state index contributed by atoms with van der Waals surface area (Å²) in [7, 11) is 0. The Morgan fingerprint density at radius 1 is 1.29 bits per heavy atom. The van der Waals surface area contributed by atoms with Crippen LogP contribution >= 0.6 is 0 Å². The van der Waals surface area contributed by atoms with Crippen molar-refractivity contribution in [2.75, 3.05) is 32.8 Å². The van der Waals surface area contributed by atoms with Crippen LogP contribution in [0.5, 0.6) is 0 Å². The number of aromatic nitrogens is 2. The molecule has 1 aliphatic rings. The minimum absolute atomic E-state index is 0.0788. The Morgan fingerprint density at radius 2 is 2.05 bits per heavy atom. The van der Waals surface area contributed by atoms with E-state index in [4.69, 9.17) is 4.74 Å². The Balaban J connectivity index is 1.73. The van der Waals surface area contributed by atoms with E-state index in [-0.39, 0.29) is 5.56 Å². The van der Waals surface area contributed by atoms with Crippen molar-refractivity contribution in [1.29, 1.82) is 0 Å². The first kappa shape index (κ1) is 14.2. The van der Waals surface area contributed by atoms with E-state index in [0.29, 0.717) is 5.39 Å². The van der Waals surface area contributed by atoms with Crippen LogP contribution in [0.3, 0.4) is 0 Å². The first-order valence-electron chi connectivity index (χ1n) is 7.63. The highest BCUT2D eigenvalue weighted by Gasteiger charge is 2.14. The van der Waals surface area contributed by atoms with E-state index in [1.54, 1.807) is 4.90 Å². The van der Waals surface area contributed by atoms with Gasteiger partial charge in [-0.2, -0.15) is 0 Å². The highest BCUT2D eigenvalue weighted by atomic mass is 16.5. The second-order valence-electron chi connectivity index (χ2n) is 5.60. The van der Waals surface area contributed by atoms with Crippen molar-refractivity contribution >= 4 is 10.9 Å². The van der Waals surface area contributed by atoms with Gasteiger partial charge in [-0.05, 0) is 19.1 Å². The van der Waals surface area contributed by atoms with Crippen molar-refractivity contribution in [2.24, 2.45) is 0 Å². The molecule has 0 radical (unpaired) electrons. The van der Waals surface area contributed by atoms with Crippen LogP contribution in [0.1, 0.15) is 12.2 Å². The number of nitrogens with zero attached hydrogens (tertiary/aromatic N) is 2. The molecule has 0 saturated carbocycles. The SMILES string of the molecule is Cc1nc2ccccc2c(=O)n1CCC[NH+]1CCOCC1. The largest absolute Gasteiger partial charge is 0.370 e. The average molecular weight is 288 g/mol. The Morgan fingerprint density at radius 3 is 2.86 bits per heavy atom. The van der Waals surface area contributed by atoms with Crippen LogP contribution in [0.25, 0.3) is 10.9 Å². The first-order valence-corrected chi connectivity index (χ1v) is 7.63. The van der Waals surface area contributed by atoms with Crippen LogP contribution in [0.4, 0.5) is 0 Å². The van der Waals surface area contributed by atoms with Gasteiger partial charge in [0.25, 0.3) is 5.56 Å². The van der Waals surface area contributed by atoms with Crippen molar-refractivity contribution < 1.29 is 9.64 Å². The van der Waals surface area contributed by atoms with Crippen molar-refractivity contribution in [3.05, 3.63) is 40.4 Å². The lowest BCUT2D eigenvalue weighted by atomic mass is 10.2. The molecule has 1 saturated heterocycles. The Bertz CT molecular complexity index is 675. The van der Waals surface area contributed by atoms with Gasteiger partial charge in [-0.3, -0.25) is 9.36 Å². The maximum absolute atomic E-state index is 12.5. The number of fused-ring (bicyclic) bond motifs is 1. The summed E-state index contributed by atoms with van der Waals surface area (Å²) in [5.41, 5.74) is 0.866. The first-order chi connectivity index (χ1) is 10.3. The number of hydrogen-bond acceptors (Lipinski definition) is 3. The summed E-state index contributed by atoms with van der Waals surface area (Å²) in [5, 5.41) is 0.710. The second kappa shape index (κ2) is 6.37. The predicted octanol–water partition coefficient (Wildman–Crippen LogP) is 0.0101. The van der Waals surface area contributed by atoms with E-state index < -0.39 is 0 Å². The molecule has 1 N–H and O–H groups in total. The van der Waals surface area contributed by atoms with Gasteiger partial charge in [0, 0.05) is 13.0 Å². The molecule has 0 amide bonds. The maximum Gasteiger partial charge on any atom is 0.261 e. The van der Waals surface area contributed by atoms with Crippen molar-refractivity contribution in [1.82, 2.24) is 9.55 Å². The lowest BCUT2D eigenvalue weighted by molar-refractivity contribution is -0.908. The van der Waals surface area contributed by atoms with Crippen LogP contribution < -0.4 is 10.5 Å². The number of ether oxygens (including phenoxy) is 1. The molecule has 112 valence electrons. The molecule has 1 fully saturated rings. The molecule has 5 nitrogen and oxygen atoms in total. The quantitative estimate of drug-likeness (QED) is 0.862. The molecule has 2 heterocycles. The number of nitrogens with one attached hydrogen (secondary N) is 1. The lowest BCUT2D eigenvalue weighted by Crippen LogP contribution is -3.14. The maximum atomic E-state index is 12.5. The number of rotatable bonds is 4. The van der Waals surface area contributed by atoms with E-state index in [2.05, 4.69) is 4.98 Å². The molecule has 5 heteroatoms. The second-order valence-corrected chi connectivity index (χ2v) is 5.60. The Labute approximate surface area is 124 Å². The third kappa shape index (κ3) is 3.14. The van der Waals surface area contributed by atoms with Gasteiger partial charge in [0.15, 0.2) is 0 Å². The third-order valence-electron chi connectivity index (χ3n) is 4.16. The van der Waals surface area contributed by atoms with E-state index in [9.17, 15) is 4.79 Å². The van der Waals surface area contributed by atoms with Gasteiger partial charge in [0.05, 0.1) is 30.7 Å². The zero-order chi connectivity index (χ0) is 14.7. The summed E-state index contributed by atoms with van der Waals surface area (Å²) >= 11 is 0. The zero-order valence-corrected chi connectivity index (χ0v) is 12.5. The van der Waals surface area contributed by atoms with Crippen molar-refractivity contribution in [3.8, 4) is 0 Å². The van der Waals surface area contributed by atoms with Gasteiger partial charge in [-0.1, -0.05) is 12.1 Å². The standard InChI is InChI=1S/C16H21N3O2/c1-13-17-15-6-3-2-5-14(15)16(20)19(13)8-4-7-18-9-11-21-12-10-18/h2-3,5-6H,4,7-12H2,1H3/p+1. The monoisotopic (exact) mass is 288 g/mol. The van der Waals surface area contributed by atoms with Gasteiger partial charge >= 0.3 is 0 Å². The zero-order valence-electron chi connectivity index (χ0n) is 12.5. The number of morpholine rings is 1. The number of para-hydroxylation sites is 1. The molecule has 1 aliphatic heterocycles. The van der Waals surface area contributed by atoms with Crippen molar-refractivity contribution in [2.45, 2.75) is 19.9 Å². The summed E-state index contributed by atoms with van der Waals surface area (Å²) in [6.07, 6.45) is 0.996. The normalized spacial score (nSPS) is 16.4. The molecule has 3 rings (SSSR count). The summed E-state index contributed by atoms with van der Waals surface area (Å²) < 4.78 is 7.17. The van der Waals surface area contributed by atoms with E-state index in [1.807, 2.05) is 35.8 Å². The molecule has 1 aromatic heterocycles. The van der Waals surface area contributed by atoms with Crippen LogP contribution in [-0.4, -0.2) is 42.4 Å². The molecule has 21 heavy (non-hydrogen) atoms. The summed E-state index contributed by atoms with van der Waals surface area (Å²) in [5.74, 6) is 0.802. The van der Waals surface area contributed by atoms with E-state index in [1.165, 1.54) is 0 Å². The molecule has 0 spiro atoms. The van der Waals surface area contributed by atoms with E-state index >= 15 is 0 Å². The molecular weight excluding hydrogens is 266 g/mol. The fraction of sp³-hybridized carbons (Fsp3) is 0.500. The Hall–Kier alpha value is -1.72. The van der Waals surface area contributed by atoms with Gasteiger partial charge < -0.3 is 9.64 Å². The van der Waals surface area contributed by atoms with Crippen LogP contribution in [0, 0.1) is 6.92 Å². The van der Waals surface area contributed by atoms with Gasteiger partial charge in [-0.15, -0.1) is 0 Å². The summed E-state index contributed by atoms with van der Waals surface area (Å²) in [4.78, 5) is 18.6. The van der Waals surface area contributed by atoms with Crippen LogP contribution in [0.2, 0.25) is 0 Å². The minimum Gasteiger partial charge on any atom is -0.370 e. The average Bonchev–Trinajstić information content (AvgIpc) is 2.51. The summed E-state index contributed by atoms with van der Waals surface area (Å²) in [6, 6.07) is 7.56. The fourth-order valence-electron chi connectivity index (χ4n) is 2.94. The molecule has 0 atom stereocenters. The number of aryl methyl sites for hydroxylation is 1. The number of quaternary nitrogens is 1. The topological polar surface area (TPSA) is 48.6 Å². The molecule has 1 aromatic carbocycles. The number of hydrogen-bond donors (Lipinski definition) is 1. The third-order valence-corrected chi connectivity index (χ3v) is 4.16. The van der Waals surface area contributed by atoms with Crippen LogP contribution in [0.15, 0.2) is 29.1 Å². The molecule has 2 aromatic rings. The van der Waals surface area contributed by atoms with Gasteiger partial charge in [-0.25, -0.2) is 4.98 Å². The highest BCUT2D eigenvalue weighted by Crippen LogP contribution is 2.07. The van der Waals surface area contributed by atoms with Crippen molar-refractivity contribution in [3.63, 3.8) is 0 Å².